The third kappa shape index (κ3) is 28.3. The van der Waals surface area contributed by atoms with E-state index in [1.54, 1.807) is 25.1 Å². The van der Waals surface area contributed by atoms with Crippen LogP contribution in [0.5, 0.6) is 11.5 Å². The van der Waals surface area contributed by atoms with Crippen LogP contribution in [-0.2, 0) is 59.3 Å². The number of nitrogen functional groups attached to an aromatic ring is 1. The number of nitrogens with zero attached hydrogens (tertiary/aromatic N) is 3. The number of rotatable bonds is 13. The van der Waals surface area contributed by atoms with Crippen LogP contribution in [0.2, 0.25) is 0 Å². The molecule has 0 radical (unpaired) electrons. The van der Waals surface area contributed by atoms with E-state index in [1.165, 1.54) is 95.2 Å². The summed E-state index contributed by atoms with van der Waals surface area (Å²) in [5, 5.41) is 46.4. The molecular weight excluding hydrogens is 1970 g/mol. The molecule has 7 heterocycles. The summed E-state index contributed by atoms with van der Waals surface area (Å²) in [4.78, 5) is 157. The summed E-state index contributed by atoms with van der Waals surface area (Å²) in [6.45, 7) is 24.1. The third-order valence-corrected chi connectivity index (χ3v) is 21.1. The van der Waals surface area contributed by atoms with Crippen LogP contribution in [0.15, 0.2) is 169 Å². The van der Waals surface area contributed by atoms with Gasteiger partial charge in [-0.25, -0.2) is 35.9 Å². The molecule has 2 atom stereocenters. The molecule has 43 heteroatoms. The number of nitro benzene ring substituents is 1. The smallest absolute Gasteiger partial charge is 0.512 e. The van der Waals surface area contributed by atoms with Gasteiger partial charge in [-0.1, -0.05) is 109 Å². The van der Waals surface area contributed by atoms with Crippen LogP contribution in [-0.4, -0.2) is 74.8 Å². The van der Waals surface area contributed by atoms with E-state index < -0.39 is 114 Å². The number of methoxy groups -OCH3 is 4. The van der Waals surface area contributed by atoms with Gasteiger partial charge < -0.3 is 93.6 Å². The number of ether oxygens (including phenoxy) is 4. The van der Waals surface area contributed by atoms with Gasteiger partial charge >= 0.3 is 34.7 Å². The quantitative estimate of drug-likeness (QED) is 0.00749. The molecule has 0 fully saturated rings. The van der Waals surface area contributed by atoms with Crippen molar-refractivity contribution in [2.75, 3.05) is 50.1 Å². The average molecular weight is 2080 g/mol. The van der Waals surface area contributed by atoms with E-state index in [1.807, 2.05) is 58.9 Å². The van der Waals surface area contributed by atoms with E-state index in [2.05, 4.69) is 93.4 Å². The molecule has 10 aromatic carbocycles. The van der Waals surface area contributed by atoms with Crippen LogP contribution >= 0.6 is 15.9 Å². The molecule has 12 N–H and O–H groups in total. The third-order valence-electron chi connectivity index (χ3n) is 20.4. The number of hydrogen-bond donors (Lipinski definition) is 10. The molecule has 0 saturated heterocycles. The van der Waals surface area contributed by atoms with Crippen LogP contribution < -0.4 is 96.0 Å². The molecule has 34 nitrogen and oxygen atoms in total. The van der Waals surface area contributed by atoms with Crippen molar-refractivity contribution >= 4 is 97.2 Å². The molecule has 5 amide bonds. The first-order chi connectivity index (χ1) is 63.6. The van der Waals surface area contributed by atoms with E-state index in [0.717, 1.165) is 52.7 Å². The van der Waals surface area contributed by atoms with Gasteiger partial charge in [-0.05, 0) is 172 Å². The molecule has 0 aliphatic carbocycles. The van der Waals surface area contributed by atoms with E-state index in [4.69, 9.17) is 42.1 Å². The van der Waals surface area contributed by atoms with Gasteiger partial charge in [-0.2, -0.15) is 9.65 Å². The zero-order chi connectivity index (χ0) is 100. The maximum Gasteiger partial charge on any atom is 1.00 e. The van der Waals surface area contributed by atoms with E-state index >= 15 is 0 Å². The summed E-state index contributed by atoms with van der Waals surface area (Å²) < 4.78 is 122. The zero-order valence-electron chi connectivity index (χ0n) is 74.2. The molecule has 0 spiro atoms. The van der Waals surface area contributed by atoms with Crippen LogP contribution in [0.3, 0.4) is 0 Å². The van der Waals surface area contributed by atoms with Crippen LogP contribution in [0.1, 0.15) is 225 Å². The standard InChI is InChI=1S/C22H22FN3O4.C13H9FN2O4.C10H17NO.C9H6FNO2.C8H6BrFO2.C8H5FN2O3.C8H7FN2O.C8H6FNO.C6H6O3.CN.5CH4.Cu/c1-10-5-8-13(30-10)20(22(2,3)4)26-17-16(18(27)19(17)28)25-15-12(23)7-6-11-9-24-21(29)14(11)15;1-20-12-9(10(17)11(12)18)16-8-6(14)3-2-5-4-15-13(19)7(5)8;1-7-5-6-8(12-7)9(11)10(2,3)4;1-13-9(12)8-4-7(10)3-2-6(8)5-11;1-12-8(11)6-4-5(10)2-3-7(6)9;9-5-2-1-4-3-10-8(12)6(4)7(5)11(13)14;9-5-2-1-4-3-11-8(12)6(4)7(5)10;9-6-2-1-5-4-10-8(11)7(5)3-6;1-3-4(7)5(8)6(3)9-2;1-2;;;;;;/h5-8,20,25-26H,9H2,1-4H3,(H,24,29);2-3,16H,4H2,1H3,(H,15,19);5-6,9H,11H2,1-4H3;2-4H,1H3;2-4H,1H3;1-2H,3H2,(H,10,12);1-2H,3,10H2,(H,11,12);1-3H,4H2,(H,10,11);1-2H3;;5*1H4;/q;;;;;;;;;-1;;;;;;+1/t20-;;9-;;;;;;;;;;;;;/m0.0............./s1. The fourth-order valence-electron chi connectivity index (χ4n) is 13.3. The number of benzene rings is 7. The Morgan fingerprint density at radius 2 is 0.858 bits per heavy atom. The Labute approximate surface area is 823 Å². The van der Waals surface area contributed by atoms with Crippen molar-refractivity contribution in [1.29, 1.82) is 10.5 Å². The Kier molecular flexibility index (Phi) is 44.9. The van der Waals surface area contributed by atoms with Crippen molar-refractivity contribution in [3.8, 4) is 17.6 Å². The molecule has 5 aliphatic rings. The summed E-state index contributed by atoms with van der Waals surface area (Å²) >= 11 is 3.10. The average Bonchev–Trinajstić information content (AvgIpc) is 1.70. The van der Waals surface area contributed by atoms with Gasteiger partial charge in [0.15, 0.2) is 11.5 Å². The summed E-state index contributed by atoms with van der Waals surface area (Å²) in [6, 6.07) is 30.9. The van der Waals surface area contributed by atoms with Crippen molar-refractivity contribution in [2.45, 2.75) is 144 Å². The molecular formula is C98H104BrCuF7N13O21. The Bertz CT molecular complexity index is 6930. The number of halogens is 8. The topological polar surface area (TPSA) is 524 Å². The van der Waals surface area contributed by atoms with Crippen molar-refractivity contribution in [3.63, 3.8) is 0 Å². The number of carbonyl (C=O) groups is 7. The molecule has 2 aromatic heterocycles. The maximum atomic E-state index is 14.5. The normalized spacial score (nSPS) is 12.2. The molecule has 17 rings (SSSR count). The minimum absolute atomic E-state index is 0. The Morgan fingerprint density at radius 3 is 1.30 bits per heavy atom. The van der Waals surface area contributed by atoms with Gasteiger partial charge in [0.1, 0.15) is 86.6 Å². The number of furan rings is 2. The monoisotopic (exact) mass is 2070 g/mol. The Morgan fingerprint density at radius 1 is 0.475 bits per heavy atom. The van der Waals surface area contributed by atoms with Gasteiger partial charge in [0.25, 0.3) is 56.7 Å². The second-order valence-electron chi connectivity index (χ2n) is 31.4. The fraction of sp³-hybridized carbons (Fsp3) is 0.276. The van der Waals surface area contributed by atoms with Crippen molar-refractivity contribution in [2.24, 2.45) is 16.6 Å². The number of aryl methyl sites for hydroxylation is 2. The number of nitro groups is 1. The minimum atomic E-state index is -0.981. The Balaban J connectivity index is 0.000000546. The molecule has 0 unspecified atom stereocenters. The van der Waals surface area contributed by atoms with Gasteiger partial charge in [-0.15, -0.1) is 0 Å². The first-order valence-electron chi connectivity index (χ1n) is 39.7. The number of nitriles is 1. The number of anilines is 6. The maximum absolute atomic E-state index is 14.5. The summed E-state index contributed by atoms with van der Waals surface area (Å²) in [5.41, 5.74) is 10.8. The van der Waals surface area contributed by atoms with Crippen molar-refractivity contribution in [1.82, 2.24) is 26.6 Å². The number of hydrogen-bond acceptors (Lipinski definition) is 28. The van der Waals surface area contributed by atoms with Gasteiger partial charge in [0, 0.05) is 48.3 Å². The van der Waals surface area contributed by atoms with Crippen LogP contribution in [0.4, 0.5) is 70.5 Å². The number of esters is 2. The largest absolute Gasteiger partial charge is 1.00 e. The molecule has 12 aromatic rings. The number of fused-ring (bicyclic) bond motifs is 5. The molecule has 5 aliphatic heterocycles. The summed E-state index contributed by atoms with van der Waals surface area (Å²) in [6.07, 6.45) is 0. The number of amides is 5. The first-order valence-corrected chi connectivity index (χ1v) is 40.5. The predicted molar refractivity (Wildman–Crippen MR) is 513 cm³/mol. The molecule has 754 valence electrons. The molecule has 0 bridgehead atoms. The Hall–Kier alpha value is -15.7. The van der Waals surface area contributed by atoms with Crippen LogP contribution in [0.25, 0.3) is 0 Å². The zero-order valence-corrected chi connectivity index (χ0v) is 76.7. The second kappa shape index (κ2) is 52.2. The first kappa shape index (κ1) is 121. The summed E-state index contributed by atoms with van der Waals surface area (Å²) in [7, 11) is 5.04. The fourth-order valence-corrected chi connectivity index (χ4v) is 13.7. The van der Waals surface area contributed by atoms with Crippen LogP contribution in [0, 0.1) is 106 Å². The van der Waals surface area contributed by atoms with Gasteiger partial charge in [0.2, 0.25) is 11.2 Å². The number of nitrogens with two attached hydrogens (primary N) is 2. The van der Waals surface area contributed by atoms with E-state index in [9.17, 15) is 103 Å². The number of carbonyl (C=O) groups excluding carboxylic acids is 7. The van der Waals surface area contributed by atoms with E-state index in [-0.39, 0.29) is 186 Å². The summed E-state index contributed by atoms with van der Waals surface area (Å²) in [5.74, 6) is -4.29. The van der Waals surface area contributed by atoms with Gasteiger partial charge in [0.05, 0.1) is 95.9 Å². The minimum Gasteiger partial charge on any atom is -0.512 e. The van der Waals surface area contributed by atoms with E-state index in [0.29, 0.717) is 57.7 Å². The number of nitrogens with one attached hydrogen (secondary N) is 8. The van der Waals surface area contributed by atoms with Crippen molar-refractivity contribution < 1.29 is 114 Å². The predicted octanol–water partition coefficient (Wildman–Crippen LogP) is 16.0. The van der Waals surface area contributed by atoms with Crippen molar-refractivity contribution in [3.05, 3.63) is 352 Å². The van der Waals surface area contributed by atoms with Gasteiger partial charge in [-0.3, -0.25) is 62.9 Å². The molecule has 0 saturated carbocycles. The SMILES string of the molecule is C.C.C.C.C.COC(=O)c1cc(F)ccc1Br.COC(=O)c1cc(F)ccc1C#N.COc1c(C)c(=O)c1=O.COc1c(Nc2c(F)ccc3c2C(=O)NC3)c(=O)c1=O.Cc1ccc([C@H](N)C(C)(C)C)o1.Cc1ccc([C@H](Nc2c(Nc3c(F)ccc4c3C(=O)NC4)c(=O)c2=O)C(C)(C)C)o1.Nc1c(F)ccc2c1C(=O)NC2.O=C1NCc2ccc(F)c([N+](=O)[O-])c21.O=C1NCc2ccc(F)cc21.[C-]#N.[Cu+]. The molecule has 141 heavy (non-hydrogen) atoms. The second-order valence-corrected chi connectivity index (χ2v) is 32.3.